The fraction of sp³-hybridized carbons (Fsp3) is 0.286. The molecule has 0 aliphatic carbocycles. The van der Waals surface area contributed by atoms with Gasteiger partial charge in [-0.3, -0.25) is 14.9 Å². The second-order valence-electron chi connectivity index (χ2n) is 6.81. The molecule has 3 rings (SSSR count). The summed E-state index contributed by atoms with van der Waals surface area (Å²) in [6.45, 7) is 6.45. The molecule has 0 radical (unpaired) electrons. The van der Waals surface area contributed by atoms with Crippen LogP contribution in [0.2, 0.25) is 0 Å². The number of nitro groups is 1. The molecule has 1 N–H and O–H groups in total. The first kappa shape index (κ1) is 21.5. The zero-order valence-corrected chi connectivity index (χ0v) is 17.8. The minimum Gasteiger partial charge on any atom is -0.342 e. The molecule has 0 aliphatic heterocycles. The van der Waals surface area contributed by atoms with Crippen LogP contribution in [0.5, 0.6) is 0 Å². The maximum Gasteiger partial charge on any atom is 0.269 e. The Labute approximate surface area is 178 Å². The van der Waals surface area contributed by atoms with Crippen molar-refractivity contribution in [2.45, 2.75) is 44.3 Å². The number of aryl methyl sites for hydroxylation is 1. The number of nitro benzene ring substituents is 1. The van der Waals surface area contributed by atoms with Crippen LogP contribution < -0.4 is 5.32 Å². The van der Waals surface area contributed by atoms with E-state index in [2.05, 4.69) is 15.5 Å². The summed E-state index contributed by atoms with van der Waals surface area (Å²) < 4.78 is 1.97. The Bertz CT molecular complexity index is 1050. The van der Waals surface area contributed by atoms with E-state index in [-0.39, 0.29) is 17.6 Å². The van der Waals surface area contributed by atoms with Crippen molar-refractivity contribution in [3.05, 3.63) is 81.2 Å². The summed E-state index contributed by atoms with van der Waals surface area (Å²) in [5.41, 5.74) is 2.58. The van der Waals surface area contributed by atoms with Crippen LogP contribution in [0, 0.1) is 17.0 Å². The van der Waals surface area contributed by atoms with E-state index in [1.54, 1.807) is 18.2 Å². The Kier molecular flexibility index (Phi) is 6.83. The van der Waals surface area contributed by atoms with Gasteiger partial charge >= 0.3 is 0 Å². The van der Waals surface area contributed by atoms with Gasteiger partial charge in [0.1, 0.15) is 0 Å². The van der Waals surface area contributed by atoms with Crippen molar-refractivity contribution < 1.29 is 9.72 Å². The molecule has 1 aromatic heterocycles. The number of non-ortho nitro benzene ring substituents is 1. The predicted molar refractivity (Wildman–Crippen MR) is 115 cm³/mol. The third kappa shape index (κ3) is 4.85. The number of hydrogen-bond donors (Lipinski definition) is 1. The molecular formula is C21H23N5O3S. The maximum atomic E-state index is 12.6. The number of nitrogens with one attached hydrogen (secondary N) is 1. The van der Waals surface area contributed by atoms with Crippen molar-refractivity contribution in [1.82, 2.24) is 20.1 Å². The van der Waals surface area contributed by atoms with Gasteiger partial charge in [-0.25, -0.2) is 0 Å². The number of thioether (sulfide) groups is 1. The van der Waals surface area contributed by atoms with Crippen LogP contribution in [-0.4, -0.2) is 25.6 Å². The molecular weight excluding hydrogens is 402 g/mol. The first-order valence-electron chi connectivity index (χ1n) is 9.56. The van der Waals surface area contributed by atoms with Gasteiger partial charge < -0.3 is 9.88 Å². The van der Waals surface area contributed by atoms with Crippen LogP contribution in [0.15, 0.2) is 53.7 Å². The van der Waals surface area contributed by atoms with Crippen LogP contribution >= 0.6 is 11.8 Å². The molecule has 1 heterocycles. The van der Waals surface area contributed by atoms with Gasteiger partial charge in [-0.15, -0.1) is 10.2 Å². The summed E-state index contributed by atoms with van der Waals surface area (Å²) in [6.07, 6.45) is 0. The Balaban J connectivity index is 1.69. The number of nitrogens with zero attached hydrogens (tertiary/aromatic N) is 4. The highest BCUT2D eigenvalue weighted by molar-refractivity contribution is 7.98. The molecule has 0 unspecified atom stereocenters. The maximum absolute atomic E-state index is 12.6. The molecule has 3 aromatic rings. The monoisotopic (exact) mass is 425 g/mol. The molecule has 0 bridgehead atoms. The number of carbonyl (C=O) groups is 1. The second-order valence-corrected chi connectivity index (χ2v) is 7.75. The van der Waals surface area contributed by atoms with E-state index in [4.69, 9.17) is 0 Å². The summed E-state index contributed by atoms with van der Waals surface area (Å²) in [5, 5.41) is 23.1. The highest BCUT2D eigenvalue weighted by Gasteiger charge is 2.20. The molecule has 0 spiro atoms. The lowest BCUT2D eigenvalue weighted by molar-refractivity contribution is -0.384. The molecule has 0 saturated carbocycles. The van der Waals surface area contributed by atoms with Gasteiger partial charge in [0.25, 0.3) is 11.6 Å². The van der Waals surface area contributed by atoms with E-state index in [1.807, 2.05) is 43.5 Å². The molecule has 1 amide bonds. The fourth-order valence-electron chi connectivity index (χ4n) is 3.05. The van der Waals surface area contributed by atoms with Gasteiger partial charge in [0.15, 0.2) is 11.0 Å². The third-order valence-electron chi connectivity index (χ3n) is 4.70. The van der Waals surface area contributed by atoms with Gasteiger partial charge in [0.05, 0.1) is 11.0 Å². The number of amides is 1. The Hall–Kier alpha value is -3.20. The van der Waals surface area contributed by atoms with Crippen molar-refractivity contribution in [3.63, 3.8) is 0 Å². The number of hydrogen-bond acceptors (Lipinski definition) is 6. The lowest BCUT2D eigenvalue weighted by Crippen LogP contribution is -2.29. The topological polar surface area (TPSA) is 103 Å². The second kappa shape index (κ2) is 9.53. The van der Waals surface area contributed by atoms with Crippen LogP contribution in [0.25, 0.3) is 0 Å². The molecule has 2 aromatic carbocycles. The first-order valence-corrected chi connectivity index (χ1v) is 10.5. The Morgan fingerprint density at radius 2 is 1.90 bits per heavy atom. The van der Waals surface area contributed by atoms with Crippen molar-refractivity contribution in [2.75, 3.05) is 0 Å². The lowest BCUT2D eigenvalue weighted by atomic mass is 10.1. The summed E-state index contributed by atoms with van der Waals surface area (Å²) >= 11 is 1.50. The predicted octanol–water partition coefficient (Wildman–Crippen LogP) is 4.30. The average molecular weight is 426 g/mol. The summed E-state index contributed by atoms with van der Waals surface area (Å²) in [6, 6.07) is 13.6. The van der Waals surface area contributed by atoms with Gasteiger partial charge in [-0.2, -0.15) is 0 Å². The zero-order chi connectivity index (χ0) is 21.7. The molecule has 0 aliphatic rings. The summed E-state index contributed by atoms with van der Waals surface area (Å²) in [4.78, 5) is 23.0. The van der Waals surface area contributed by atoms with Gasteiger partial charge in [-0.1, -0.05) is 42.1 Å². The number of carbonyl (C=O) groups excluding carboxylic acids is 1. The normalized spacial score (nSPS) is 11.8. The van der Waals surface area contributed by atoms with Crippen LogP contribution in [0.1, 0.15) is 47.2 Å². The molecule has 30 heavy (non-hydrogen) atoms. The molecule has 0 fully saturated rings. The van der Waals surface area contributed by atoms with E-state index in [1.165, 1.54) is 23.9 Å². The minimum absolute atomic E-state index is 0.0704. The molecule has 156 valence electrons. The van der Waals surface area contributed by atoms with Crippen LogP contribution in [-0.2, 0) is 12.3 Å². The van der Waals surface area contributed by atoms with Gasteiger partial charge in [0, 0.05) is 30.0 Å². The van der Waals surface area contributed by atoms with E-state index in [0.717, 1.165) is 16.3 Å². The SMILES string of the molecule is CCn1c(SCc2ccc([N+](=O)[O-])cc2)nnc1[C@H](C)NC(=O)c1ccccc1C. The molecule has 9 heteroatoms. The number of aromatic nitrogens is 3. The fourth-order valence-corrected chi connectivity index (χ4v) is 4.02. The number of rotatable bonds is 8. The van der Waals surface area contributed by atoms with Crippen LogP contribution in [0.3, 0.4) is 0 Å². The highest BCUT2D eigenvalue weighted by atomic mass is 32.2. The largest absolute Gasteiger partial charge is 0.342 e. The average Bonchev–Trinajstić information content (AvgIpc) is 3.15. The quantitative estimate of drug-likeness (QED) is 0.328. The van der Waals surface area contributed by atoms with Gasteiger partial charge in [0.2, 0.25) is 0 Å². The van der Waals surface area contributed by atoms with Crippen molar-refractivity contribution >= 4 is 23.4 Å². The summed E-state index contributed by atoms with van der Waals surface area (Å²) in [7, 11) is 0. The molecule has 8 nitrogen and oxygen atoms in total. The van der Waals surface area contributed by atoms with Gasteiger partial charge in [-0.05, 0) is 38.0 Å². The lowest BCUT2D eigenvalue weighted by Gasteiger charge is -2.16. The number of benzene rings is 2. The van der Waals surface area contributed by atoms with E-state index >= 15 is 0 Å². The standard InChI is InChI=1S/C21H23N5O3S/c1-4-25-19(15(3)22-20(27)18-8-6-5-7-14(18)2)23-24-21(25)30-13-16-9-11-17(12-10-16)26(28)29/h5-12,15H,4,13H2,1-3H3,(H,22,27)/t15-/m0/s1. The minimum atomic E-state index is -0.413. The zero-order valence-electron chi connectivity index (χ0n) is 17.0. The molecule has 0 saturated heterocycles. The summed E-state index contributed by atoms with van der Waals surface area (Å²) in [5.74, 6) is 1.15. The van der Waals surface area contributed by atoms with Crippen LogP contribution in [0.4, 0.5) is 5.69 Å². The third-order valence-corrected chi connectivity index (χ3v) is 5.74. The smallest absolute Gasteiger partial charge is 0.269 e. The van der Waals surface area contributed by atoms with E-state index in [9.17, 15) is 14.9 Å². The first-order chi connectivity index (χ1) is 14.4. The van der Waals surface area contributed by atoms with E-state index in [0.29, 0.717) is 23.7 Å². The Morgan fingerprint density at radius 1 is 1.20 bits per heavy atom. The Morgan fingerprint density at radius 3 is 2.53 bits per heavy atom. The highest BCUT2D eigenvalue weighted by Crippen LogP contribution is 2.25. The van der Waals surface area contributed by atoms with E-state index < -0.39 is 4.92 Å². The van der Waals surface area contributed by atoms with Crippen molar-refractivity contribution in [1.29, 1.82) is 0 Å². The van der Waals surface area contributed by atoms with Crippen molar-refractivity contribution in [2.24, 2.45) is 0 Å². The molecule has 1 atom stereocenters. The van der Waals surface area contributed by atoms with Crippen molar-refractivity contribution in [3.8, 4) is 0 Å².